The number of methoxy groups -OCH3 is 1. The fraction of sp³-hybridized carbons (Fsp3) is 0.400. The number of likely N-dealkylation sites (N-methyl/N-ethyl adjacent to an activating group) is 1. The molecule has 0 spiro atoms. The van der Waals surface area contributed by atoms with Gasteiger partial charge < -0.3 is 14.5 Å². The highest BCUT2D eigenvalue weighted by molar-refractivity contribution is 7.89. The van der Waals surface area contributed by atoms with Gasteiger partial charge in [0, 0.05) is 45.3 Å². The highest BCUT2D eigenvalue weighted by Crippen LogP contribution is 2.32. The van der Waals surface area contributed by atoms with Crippen LogP contribution < -0.4 is 9.64 Å². The Morgan fingerprint density at radius 1 is 1.09 bits per heavy atom. The summed E-state index contributed by atoms with van der Waals surface area (Å²) in [7, 11) is -0.470. The van der Waals surface area contributed by atoms with Crippen molar-refractivity contribution in [3.05, 3.63) is 65.7 Å². The van der Waals surface area contributed by atoms with E-state index >= 15 is 0 Å². The maximum atomic E-state index is 13.2. The van der Waals surface area contributed by atoms with Gasteiger partial charge in [-0.25, -0.2) is 12.7 Å². The first-order chi connectivity index (χ1) is 15.8. The zero-order chi connectivity index (χ0) is 24.0. The molecule has 0 bridgehead atoms. The average Bonchev–Trinajstić information content (AvgIpc) is 2.86. The molecule has 1 aliphatic rings. The van der Waals surface area contributed by atoms with Crippen LogP contribution in [-0.2, 0) is 21.2 Å². The molecule has 1 fully saturated rings. The van der Waals surface area contributed by atoms with Gasteiger partial charge in [0.2, 0.25) is 15.9 Å². The predicted molar refractivity (Wildman–Crippen MR) is 131 cm³/mol. The number of carbonyl (C=O) groups is 1. The number of piperazine rings is 1. The lowest BCUT2D eigenvalue weighted by molar-refractivity contribution is -0.127. The summed E-state index contributed by atoms with van der Waals surface area (Å²) in [6.07, 6.45) is 2.46. The number of nitrogens with zero attached hydrogens (tertiary/aromatic N) is 3. The van der Waals surface area contributed by atoms with Crippen molar-refractivity contribution in [3.63, 3.8) is 0 Å². The summed E-state index contributed by atoms with van der Waals surface area (Å²) in [4.78, 5) is 16.6. The minimum atomic E-state index is -3.65. The number of hydrogen-bond acceptors (Lipinski definition) is 5. The molecule has 0 aromatic heterocycles. The monoisotopic (exact) mass is 471 g/mol. The van der Waals surface area contributed by atoms with Crippen LogP contribution in [0.5, 0.6) is 5.75 Å². The smallest absolute Gasteiger partial charge is 0.249 e. The molecule has 0 unspecified atom stereocenters. The first-order valence-electron chi connectivity index (χ1n) is 11.1. The Morgan fingerprint density at radius 3 is 2.36 bits per heavy atom. The SMILES string of the molecule is C/C=C(\C)C(=O)N1CCN(c2cc(S(=O)(=O)N(C)CCc3ccccc3)ccc2OC)CC1. The number of ether oxygens (including phenoxy) is 1. The Morgan fingerprint density at radius 2 is 1.76 bits per heavy atom. The van der Waals surface area contributed by atoms with E-state index in [0.717, 1.165) is 16.8 Å². The molecule has 2 aromatic rings. The summed E-state index contributed by atoms with van der Waals surface area (Å²) in [6, 6.07) is 14.8. The molecule has 2 aromatic carbocycles. The maximum absolute atomic E-state index is 13.2. The predicted octanol–water partition coefficient (Wildman–Crippen LogP) is 3.17. The van der Waals surface area contributed by atoms with Crippen LogP contribution >= 0.6 is 0 Å². The minimum absolute atomic E-state index is 0.0421. The van der Waals surface area contributed by atoms with E-state index < -0.39 is 10.0 Å². The lowest BCUT2D eigenvalue weighted by Crippen LogP contribution is -2.49. The first-order valence-corrected chi connectivity index (χ1v) is 12.6. The van der Waals surface area contributed by atoms with Gasteiger partial charge in [0.25, 0.3) is 0 Å². The number of allylic oxidation sites excluding steroid dienone is 1. The second-order valence-electron chi connectivity index (χ2n) is 8.15. The molecule has 0 atom stereocenters. The topological polar surface area (TPSA) is 70.2 Å². The van der Waals surface area contributed by atoms with Crippen molar-refractivity contribution in [2.24, 2.45) is 0 Å². The zero-order valence-electron chi connectivity index (χ0n) is 19.8. The molecule has 0 aliphatic carbocycles. The van der Waals surface area contributed by atoms with Crippen molar-refractivity contribution in [1.29, 1.82) is 0 Å². The highest BCUT2D eigenvalue weighted by atomic mass is 32.2. The Bertz CT molecular complexity index is 1090. The number of carbonyl (C=O) groups excluding carboxylic acids is 1. The van der Waals surface area contributed by atoms with Gasteiger partial charge >= 0.3 is 0 Å². The average molecular weight is 472 g/mol. The van der Waals surface area contributed by atoms with Gasteiger partial charge in [-0.1, -0.05) is 36.4 Å². The number of amides is 1. The van der Waals surface area contributed by atoms with Gasteiger partial charge in [0.05, 0.1) is 17.7 Å². The van der Waals surface area contributed by atoms with Crippen LogP contribution in [0.3, 0.4) is 0 Å². The molecular weight excluding hydrogens is 438 g/mol. The van der Waals surface area contributed by atoms with E-state index in [9.17, 15) is 13.2 Å². The minimum Gasteiger partial charge on any atom is -0.495 e. The summed E-state index contributed by atoms with van der Waals surface area (Å²) < 4.78 is 33.4. The van der Waals surface area contributed by atoms with Crippen molar-refractivity contribution in [2.45, 2.75) is 25.2 Å². The highest BCUT2D eigenvalue weighted by Gasteiger charge is 2.26. The lowest BCUT2D eigenvalue weighted by Gasteiger charge is -2.37. The van der Waals surface area contributed by atoms with Crippen LogP contribution in [0.25, 0.3) is 0 Å². The fourth-order valence-electron chi connectivity index (χ4n) is 3.83. The van der Waals surface area contributed by atoms with Gasteiger partial charge in [-0.15, -0.1) is 0 Å². The van der Waals surface area contributed by atoms with Crippen LogP contribution in [0, 0.1) is 0 Å². The number of benzene rings is 2. The Labute approximate surface area is 197 Å². The summed E-state index contributed by atoms with van der Waals surface area (Å²) in [5, 5.41) is 0. The van der Waals surface area contributed by atoms with Crippen molar-refractivity contribution in [1.82, 2.24) is 9.21 Å². The third kappa shape index (κ3) is 5.75. The lowest BCUT2D eigenvalue weighted by atomic mass is 10.2. The molecular formula is C25H33N3O4S. The molecule has 1 amide bonds. The van der Waals surface area contributed by atoms with E-state index in [1.807, 2.05) is 55.2 Å². The molecule has 1 aliphatic heterocycles. The van der Waals surface area contributed by atoms with E-state index in [1.165, 1.54) is 4.31 Å². The molecule has 0 N–H and O–H groups in total. The standard InChI is InChI=1S/C25H33N3O4S/c1-5-20(2)25(29)28-17-15-27(16-18-28)23-19-22(11-12-24(23)32-4)33(30,31)26(3)14-13-21-9-7-6-8-10-21/h5-12,19H,13-18H2,1-4H3/b20-5+. The van der Waals surface area contributed by atoms with E-state index in [2.05, 4.69) is 4.90 Å². The molecule has 1 heterocycles. The van der Waals surface area contributed by atoms with E-state index in [4.69, 9.17) is 4.74 Å². The molecule has 1 saturated heterocycles. The van der Waals surface area contributed by atoms with Crippen molar-refractivity contribution in [2.75, 3.05) is 51.8 Å². The number of sulfonamides is 1. The van der Waals surface area contributed by atoms with E-state index in [-0.39, 0.29) is 10.8 Å². The van der Waals surface area contributed by atoms with Crippen LogP contribution in [0.1, 0.15) is 19.4 Å². The molecule has 7 nitrogen and oxygen atoms in total. The Balaban J connectivity index is 1.75. The largest absolute Gasteiger partial charge is 0.495 e. The second-order valence-corrected chi connectivity index (χ2v) is 10.2. The van der Waals surface area contributed by atoms with Gasteiger partial charge in [0.15, 0.2) is 0 Å². The third-order valence-electron chi connectivity index (χ3n) is 6.09. The summed E-state index contributed by atoms with van der Waals surface area (Å²) >= 11 is 0. The second kappa shape index (κ2) is 10.9. The van der Waals surface area contributed by atoms with Crippen molar-refractivity contribution < 1.29 is 17.9 Å². The van der Waals surface area contributed by atoms with Gasteiger partial charge in [-0.2, -0.15) is 0 Å². The molecule has 0 radical (unpaired) electrons. The first kappa shape index (κ1) is 24.8. The van der Waals surface area contributed by atoms with Crippen molar-refractivity contribution in [3.8, 4) is 5.75 Å². The van der Waals surface area contributed by atoms with Crippen LogP contribution in [0.4, 0.5) is 5.69 Å². The normalized spacial score (nSPS) is 15.1. The van der Waals surface area contributed by atoms with Gasteiger partial charge in [-0.3, -0.25) is 4.79 Å². The van der Waals surface area contributed by atoms with E-state index in [1.54, 1.807) is 32.4 Å². The van der Waals surface area contributed by atoms with Gasteiger partial charge in [-0.05, 0) is 44.0 Å². The zero-order valence-corrected chi connectivity index (χ0v) is 20.6. The quantitative estimate of drug-likeness (QED) is 0.553. The summed E-state index contributed by atoms with van der Waals surface area (Å²) in [5.41, 5.74) is 2.55. The molecule has 3 rings (SSSR count). The Kier molecular flexibility index (Phi) is 8.15. The van der Waals surface area contributed by atoms with Gasteiger partial charge in [0.1, 0.15) is 5.75 Å². The Hall–Kier alpha value is -2.84. The maximum Gasteiger partial charge on any atom is 0.249 e. The van der Waals surface area contributed by atoms with E-state index in [0.29, 0.717) is 44.9 Å². The molecule has 33 heavy (non-hydrogen) atoms. The third-order valence-corrected chi connectivity index (χ3v) is 7.95. The molecule has 0 saturated carbocycles. The summed E-state index contributed by atoms with van der Waals surface area (Å²) in [5.74, 6) is 0.658. The summed E-state index contributed by atoms with van der Waals surface area (Å²) in [6.45, 7) is 6.41. The van der Waals surface area contributed by atoms with Crippen LogP contribution in [0.15, 0.2) is 65.1 Å². The number of anilines is 1. The van der Waals surface area contributed by atoms with Crippen LogP contribution in [-0.4, -0.2) is 70.4 Å². The number of hydrogen-bond donors (Lipinski definition) is 0. The molecule has 8 heteroatoms. The molecule has 178 valence electrons. The van der Waals surface area contributed by atoms with Crippen molar-refractivity contribution >= 4 is 21.6 Å². The number of rotatable bonds is 8. The van der Waals surface area contributed by atoms with Crippen LogP contribution in [0.2, 0.25) is 0 Å². The fourth-order valence-corrected chi connectivity index (χ4v) is 5.02.